The normalized spacial score (nSPS) is 29.8. The van der Waals surface area contributed by atoms with Crippen LogP contribution in [0.1, 0.15) is 79.3 Å². The van der Waals surface area contributed by atoms with Crippen LogP contribution in [0.3, 0.4) is 0 Å². The quantitative estimate of drug-likeness (QED) is 0.251. The van der Waals surface area contributed by atoms with Crippen LogP contribution in [0.4, 0.5) is 27.6 Å². The van der Waals surface area contributed by atoms with Crippen LogP contribution in [0, 0.1) is 17.3 Å². The molecule has 5 atom stereocenters. The molecule has 2 N–H and O–H groups in total. The Labute approximate surface area is 258 Å². The second-order valence-corrected chi connectivity index (χ2v) is 13.1. The first kappa shape index (κ1) is 31.5. The summed E-state index contributed by atoms with van der Waals surface area (Å²) in [6.45, 7) is 1.84. The fourth-order valence-corrected chi connectivity index (χ4v) is 8.66. The Morgan fingerprint density at radius 3 is 2.47 bits per heavy atom. The predicted octanol–water partition coefficient (Wildman–Crippen LogP) is 7.91. The van der Waals surface area contributed by atoms with Gasteiger partial charge in [-0.1, -0.05) is 42.8 Å². The molecule has 0 aliphatic heterocycles. The molecule has 2 aromatic rings. The van der Waals surface area contributed by atoms with Gasteiger partial charge in [0.2, 0.25) is 0 Å². The van der Waals surface area contributed by atoms with Crippen LogP contribution in [0.2, 0.25) is 0 Å². The number of hydrogen-bond donors (Lipinski definition) is 2. The Hall–Kier alpha value is -3.53. The maximum Gasteiger partial charge on any atom is 0.456 e. The fraction of sp³-hybridized carbons (Fsp3) is 0.486. The monoisotopic (exact) mass is 629 g/mol. The molecule has 240 valence electrons. The van der Waals surface area contributed by atoms with Gasteiger partial charge in [0.1, 0.15) is 5.60 Å². The standard InChI is InChI=1S/C35H36F5NO4/c1-32-18-28(21-8-6-20(7-9-21)19-41-24-5-3-4-23(16-24)31(43)45-2)30-26-13-11-25(42)17-22(26)10-12-27(30)29(32)14-15-33(32,44)34(36,37)35(38,39)40/h3-9,16-17,27-29,41,44H,10-15,18-19H2,1-2H3/t27-,28+,29-,32-,33-/m0/s1. The van der Waals surface area contributed by atoms with Gasteiger partial charge in [0, 0.05) is 30.0 Å². The van der Waals surface area contributed by atoms with Crippen molar-refractivity contribution in [2.24, 2.45) is 17.3 Å². The van der Waals surface area contributed by atoms with Gasteiger partial charge in [0.15, 0.2) is 5.78 Å². The summed E-state index contributed by atoms with van der Waals surface area (Å²) in [6.07, 6.45) is -2.88. The number of carbonyl (C=O) groups excluding carboxylic acids is 2. The van der Waals surface area contributed by atoms with Gasteiger partial charge < -0.3 is 15.2 Å². The van der Waals surface area contributed by atoms with Crippen molar-refractivity contribution >= 4 is 17.4 Å². The number of nitrogens with one attached hydrogen (secondary N) is 1. The Morgan fingerprint density at radius 1 is 1.04 bits per heavy atom. The molecule has 0 saturated heterocycles. The maximum absolute atomic E-state index is 15.2. The maximum atomic E-state index is 15.2. The lowest BCUT2D eigenvalue weighted by molar-refractivity contribution is -0.362. The van der Waals surface area contributed by atoms with Crippen molar-refractivity contribution in [1.82, 2.24) is 0 Å². The van der Waals surface area contributed by atoms with E-state index in [1.807, 2.05) is 30.3 Å². The minimum absolute atomic E-state index is 0.0408. The fourth-order valence-electron chi connectivity index (χ4n) is 8.66. The van der Waals surface area contributed by atoms with Gasteiger partial charge in [0.05, 0.1) is 12.7 Å². The molecule has 5 nitrogen and oxygen atoms in total. The summed E-state index contributed by atoms with van der Waals surface area (Å²) in [5.74, 6) is -6.98. The summed E-state index contributed by atoms with van der Waals surface area (Å²) in [4.78, 5) is 24.2. The van der Waals surface area contributed by atoms with Crippen molar-refractivity contribution in [3.8, 4) is 0 Å². The summed E-state index contributed by atoms with van der Waals surface area (Å²) < 4.78 is 76.6. The molecule has 0 bridgehead atoms. The summed E-state index contributed by atoms with van der Waals surface area (Å²) in [5.41, 5.74) is 0.864. The number of aliphatic hydroxyl groups is 1. The summed E-state index contributed by atoms with van der Waals surface area (Å²) in [5, 5.41) is 14.7. The zero-order chi connectivity index (χ0) is 32.4. The van der Waals surface area contributed by atoms with Crippen LogP contribution < -0.4 is 5.32 Å². The molecule has 0 spiro atoms. The number of ketones is 1. The molecule has 4 aliphatic carbocycles. The number of hydrogen-bond acceptors (Lipinski definition) is 5. The van der Waals surface area contributed by atoms with Crippen molar-refractivity contribution in [2.45, 2.75) is 82.0 Å². The lowest BCUT2D eigenvalue weighted by atomic mass is 9.50. The van der Waals surface area contributed by atoms with E-state index in [9.17, 15) is 27.9 Å². The molecule has 0 heterocycles. The van der Waals surface area contributed by atoms with E-state index in [-0.39, 0.29) is 24.5 Å². The van der Waals surface area contributed by atoms with E-state index in [1.165, 1.54) is 14.0 Å². The molecule has 45 heavy (non-hydrogen) atoms. The van der Waals surface area contributed by atoms with E-state index in [2.05, 4.69) is 5.32 Å². The second-order valence-electron chi connectivity index (χ2n) is 13.1. The van der Waals surface area contributed by atoms with Gasteiger partial charge in [-0.3, -0.25) is 4.79 Å². The zero-order valence-corrected chi connectivity index (χ0v) is 25.1. The van der Waals surface area contributed by atoms with E-state index in [0.717, 1.165) is 27.8 Å². The molecule has 0 amide bonds. The van der Waals surface area contributed by atoms with Crippen molar-refractivity contribution < 1.29 is 41.4 Å². The highest BCUT2D eigenvalue weighted by Crippen LogP contribution is 2.70. The highest BCUT2D eigenvalue weighted by atomic mass is 19.4. The topological polar surface area (TPSA) is 75.6 Å². The van der Waals surface area contributed by atoms with E-state index in [4.69, 9.17) is 4.74 Å². The number of esters is 1. The van der Waals surface area contributed by atoms with Crippen LogP contribution in [0.25, 0.3) is 0 Å². The molecule has 10 heteroatoms. The highest BCUT2D eigenvalue weighted by molar-refractivity contribution is 5.93. The minimum atomic E-state index is -5.88. The Bertz CT molecular complexity index is 1580. The summed E-state index contributed by atoms with van der Waals surface area (Å²) in [6, 6.07) is 14.4. The predicted molar refractivity (Wildman–Crippen MR) is 158 cm³/mol. The van der Waals surface area contributed by atoms with E-state index < -0.39 is 47.3 Å². The molecule has 2 aromatic carbocycles. The highest BCUT2D eigenvalue weighted by Gasteiger charge is 2.79. The lowest BCUT2D eigenvalue weighted by Gasteiger charge is -2.56. The molecule has 4 aliphatic rings. The van der Waals surface area contributed by atoms with Crippen LogP contribution in [0.5, 0.6) is 0 Å². The number of methoxy groups -OCH3 is 1. The third-order valence-corrected chi connectivity index (χ3v) is 10.9. The SMILES string of the molecule is COC(=O)c1cccc(NCc2ccc([C@H]3C[C@@]4(C)[C@@H](CC[C@@]4(O)C(F)(F)C(F)(F)F)[C@@H]4CCC5=CC(=O)CCC5=C43)cc2)c1. The molecular formula is C35H36F5NO4. The average Bonchev–Trinajstić information content (AvgIpc) is 3.30. The summed E-state index contributed by atoms with van der Waals surface area (Å²) in [7, 11) is 1.31. The molecule has 2 saturated carbocycles. The minimum Gasteiger partial charge on any atom is -0.465 e. The molecular weight excluding hydrogens is 593 g/mol. The largest absolute Gasteiger partial charge is 0.465 e. The average molecular weight is 630 g/mol. The molecule has 0 radical (unpaired) electrons. The number of benzene rings is 2. The van der Waals surface area contributed by atoms with Crippen LogP contribution in [-0.4, -0.2) is 41.7 Å². The van der Waals surface area contributed by atoms with Crippen molar-refractivity contribution in [3.05, 3.63) is 88.0 Å². The van der Waals surface area contributed by atoms with E-state index in [1.54, 1.807) is 24.3 Å². The van der Waals surface area contributed by atoms with Gasteiger partial charge in [0.25, 0.3) is 0 Å². The van der Waals surface area contributed by atoms with Gasteiger partial charge >= 0.3 is 18.1 Å². The first-order valence-electron chi connectivity index (χ1n) is 15.3. The van der Waals surface area contributed by atoms with Crippen molar-refractivity contribution in [1.29, 1.82) is 0 Å². The number of fused-ring (bicyclic) bond motifs is 4. The number of allylic oxidation sites excluding steroid dienone is 4. The van der Waals surface area contributed by atoms with Gasteiger partial charge in [-0.25, -0.2) is 4.79 Å². The molecule has 6 rings (SSSR count). The Balaban J connectivity index is 1.35. The zero-order valence-electron chi connectivity index (χ0n) is 25.1. The number of halogens is 5. The Morgan fingerprint density at radius 2 is 1.78 bits per heavy atom. The van der Waals surface area contributed by atoms with Crippen LogP contribution in [0.15, 0.2) is 71.3 Å². The van der Waals surface area contributed by atoms with Crippen molar-refractivity contribution in [2.75, 3.05) is 12.4 Å². The smallest absolute Gasteiger partial charge is 0.456 e. The van der Waals surface area contributed by atoms with Gasteiger partial charge in [-0.2, -0.15) is 22.0 Å². The van der Waals surface area contributed by atoms with Crippen LogP contribution >= 0.6 is 0 Å². The second kappa shape index (κ2) is 11.1. The number of anilines is 1. The number of ether oxygens (including phenoxy) is 1. The first-order chi connectivity index (χ1) is 21.2. The van der Waals surface area contributed by atoms with E-state index in [0.29, 0.717) is 43.5 Å². The van der Waals surface area contributed by atoms with Crippen LogP contribution in [-0.2, 0) is 16.1 Å². The number of alkyl halides is 5. The lowest BCUT2D eigenvalue weighted by Crippen LogP contribution is -2.65. The van der Waals surface area contributed by atoms with Gasteiger partial charge in [-0.05, 0) is 96.9 Å². The van der Waals surface area contributed by atoms with Crippen molar-refractivity contribution in [3.63, 3.8) is 0 Å². The summed E-state index contributed by atoms with van der Waals surface area (Å²) >= 11 is 0. The first-order valence-corrected chi connectivity index (χ1v) is 15.3. The third kappa shape index (κ3) is 5.00. The Kier molecular flexibility index (Phi) is 7.74. The number of rotatable bonds is 6. The van der Waals surface area contributed by atoms with E-state index >= 15 is 8.78 Å². The molecule has 0 aromatic heterocycles. The molecule has 0 unspecified atom stereocenters. The molecule has 2 fully saturated rings. The number of carbonyl (C=O) groups is 2. The third-order valence-electron chi connectivity index (χ3n) is 10.9. The van der Waals surface area contributed by atoms with Gasteiger partial charge in [-0.15, -0.1) is 0 Å².